The van der Waals surface area contributed by atoms with Gasteiger partial charge in [0.15, 0.2) is 0 Å². The monoisotopic (exact) mass is 520 g/mol. The van der Waals surface area contributed by atoms with Crippen molar-refractivity contribution in [3.05, 3.63) is 53.2 Å². The molecule has 3 aliphatic rings. The maximum absolute atomic E-state index is 13.5. The number of ether oxygens (including phenoxy) is 1. The summed E-state index contributed by atoms with van der Waals surface area (Å²) in [5.41, 5.74) is 2.94. The fourth-order valence-electron chi connectivity index (χ4n) is 5.63. The Balaban J connectivity index is 1.43. The third kappa shape index (κ3) is 5.05. The van der Waals surface area contributed by atoms with Gasteiger partial charge in [-0.15, -0.1) is 0 Å². The summed E-state index contributed by atoms with van der Waals surface area (Å²) in [6, 6.07) is 5.50. The van der Waals surface area contributed by atoms with Gasteiger partial charge in [0.25, 0.3) is 5.91 Å². The van der Waals surface area contributed by atoms with Crippen molar-refractivity contribution in [2.45, 2.75) is 51.9 Å². The molecule has 202 valence electrons. The van der Waals surface area contributed by atoms with Gasteiger partial charge in [0.1, 0.15) is 18.2 Å². The van der Waals surface area contributed by atoms with Crippen molar-refractivity contribution >= 4 is 17.6 Å². The zero-order valence-electron chi connectivity index (χ0n) is 22.4. The highest BCUT2D eigenvalue weighted by Crippen LogP contribution is 2.34. The van der Waals surface area contributed by atoms with E-state index in [1.807, 2.05) is 6.92 Å². The van der Waals surface area contributed by atoms with Crippen LogP contribution >= 0.6 is 0 Å². The number of hydrogen-bond acceptors (Lipinski definition) is 8. The number of rotatable bonds is 6. The zero-order chi connectivity index (χ0) is 27.0. The van der Waals surface area contributed by atoms with Crippen molar-refractivity contribution in [3.8, 4) is 11.8 Å². The number of fused-ring (bicyclic) bond motifs is 1. The summed E-state index contributed by atoms with van der Waals surface area (Å²) < 4.78 is 6.14. The summed E-state index contributed by atoms with van der Waals surface area (Å²) in [6.45, 7) is 11.5. The number of carbonyl (C=O) groups is 2. The standard InChI is InChI=1S/C28H36N6O4/c1-5-25(36)32-11-12-34(19(3)14-32)26-23-15-33(27(37)22-13-21(35)9-8-18(22)2)16-24(23)29-28(30-26)38-17-20-7-6-10-31(20)4/h5,8-9,13,19-20,35H,1,6-7,10-12,14-17H2,2-4H3/t19-,20-/m0/s1. The number of piperazine rings is 1. The fraction of sp³-hybridized carbons (Fsp3) is 0.500. The number of phenolic OH excluding ortho intramolecular Hbond substituents is 1. The average Bonchev–Trinajstić information content (AvgIpc) is 3.53. The van der Waals surface area contributed by atoms with Crippen molar-refractivity contribution < 1.29 is 19.4 Å². The second-order valence-electron chi connectivity index (χ2n) is 10.5. The molecule has 0 radical (unpaired) electrons. The Labute approximate surface area is 223 Å². The number of anilines is 1. The summed E-state index contributed by atoms with van der Waals surface area (Å²) in [5, 5.41) is 9.97. The van der Waals surface area contributed by atoms with Crippen LogP contribution in [0.2, 0.25) is 0 Å². The predicted molar refractivity (Wildman–Crippen MR) is 143 cm³/mol. The summed E-state index contributed by atoms with van der Waals surface area (Å²) in [5.74, 6) is 0.578. The normalized spacial score (nSPS) is 21.5. The van der Waals surface area contributed by atoms with Crippen LogP contribution in [0.25, 0.3) is 0 Å². The highest BCUT2D eigenvalue weighted by atomic mass is 16.5. The summed E-state index contributed by atoms with van der Waals surface area (Å²) in [7, 11) is 2.11. The van der Waals surface area contributed by atoms with Crippen molar-refractivity contribution in [2.24, 2.45) is 0 Å². The number of nitrogens with zero attached hydrogens (tertiary/aromatic N) is 6. The van der Waals surface area contributed by atoms with Crippen LogP contribution in [0, 0.1) is 6.92 Å². The SMILES string of the molecule is C=CC(=O)N1CCN(c2nc(OC[C@@H]3CCCN3C)nc3c2CN(C(=O)c2cc(O)ccc2C)C3)[C@@H](C)C1. The van der Waals surface area contributed by atoms with E-state index < -0.39 is 0 Å². The Hall–Kier alpha value is -3.66. The molecule has 0 spiro atoms. The molecule has 5 rings (SSSR count). The van der Waals surface area contributed by atoms with E-state index in [0.717, 1.165) is 42.0 Å². The van der Waals surface area contributed by atoms with E-state index in [1.54, 1.807) is 21.9 Å². The van der Waals surface area contributed by atoms with Crippen LogP contribution in [-0.4, -0.2) is 93.5 Å². The van der Waals surface area contributed by atoms with E-state index in [-0.39, 0.29) is 23.6 Å². The Kier molecular flexibility index (Phi) is 7.25. The van der Waals surface area contributed by atoms with Gasteiger partial charge in [0, 0.05) is 42.8 Å². The smallest absolute Gasteiger partial charge is 0.318 e. The van der Waals surface area contributed by atoms with Gasteiger partial charge in [0.2, 0.25) is 5.91 Å². The van der Waals surface area contributed by atoms with Crippen molar-refractivity contribution in [2.75, 3.05) is 44.7 Å². The number of amides is 2. The molecule has 3 aliphatic heterocycles. The molecule has 0 saturated carbocycles. The maximum atomic E-state index is 13.5. The number of aromatic nitrogens is 2. The first-order chi connectivity index (χ1) is 18.2. The minimum Gasteiger partial charge on any atom is -0.508 e. The van der Waals surface area contributed by atoms with Crippen LogP contribution in [0.15, 0.2) is 30.9 Å². The molecule has 1 N–H and O–H groups in total. The number of phenols is 1. The van der Waals surface area contributed by atoms with Crippen LogP contribution in [0.4, 0.5) is 5.82 Å². The van der Waals surface area contributed by atoms with E-state index >= 15 is 0 Å². The van der Waals surface area contributed by atoms with Gasteiger partial charge in [-0.2, -0.15) is 9.97 Å². The largest absolute Gasteiger partial charge is 0.508 e. The molecule has 2 fully saturated rings. The predicted octanol–water partition coefficient (Wildman–Crippen LogP) is 2.34. The Morgan fingerprint density at radius 1 is 1.18 bits per heavy atom. The molecule has 10 heteroatoms. The lowest BCUT2D eigenvalue weighted by atomic mass is 10.1. The highest BCUT2D eigenvalue weighted by Gasteiger charge is 2.35. The second-order valence-corrected chi connectivity index (χ2v) is 10.5. The van der Waals surface area contributed by atoms with Gasteiger partial charge in [-0.25, -0.2) is 0 Å². The quantitative estimate of drug-likeness (QED) is 0.579. The molecular formula is C28H36N6O4. The molecule has 2 aromatic rings. The van der Waals surface area contributed by atoms with Gasteiger partial charge < -0.3 is 29.4 Å². The second kappa shape index (κ2) is 10.6. The number of hydrogen-bond donors (Lipinski definition) is 1. The minimum atomic E-state index is -0.160. The summed E-state index contributed by atoms with van der Waals surface area (Å²) in [6.07, 6.45) is 3.58. The molecule has 2 atom stereocenters. The topological polar surface area (TPSA) is 102 Å². The number of likely N-dealkylation sites (tertiary alicyclic amines) is 1. The van der Waals surface area contributed by atoms with Gasteiger partial charge in [0.05, 0.1) is 18.8 Å². The van der Waals surface area contributed by atoms with Crippen LogP contribution in [0.3, 0.4) is 0 Å². The lowest BCUT2D eigenvalue weighted by molar-refractivity contribution is -0.126. The van der Waals surface area contributed by atoms with Gasteiger partial charge >= 0.3 is 6.01 Å². The van der Waals surface area contributed by atoms with Gasteiger partial charge in [-0.1, -0.05) is 12.6 Å². The van der Waals surface area contributed by atoms with E-state index in [2.05, 4.69) is 30.4 Å². The van der Waals surface area contributed by atoms with E-state index in [9.17, 15) is 14.7 Å². The third-order valence-electron chi connectivity index (χ3n) is 7.94. The highest BCUT2D eigenvalue weighted by molar-refractivity contribution is 5.96. The van der Waals surface area contributed by atoms with Gasteiger partial charge in [-0.05, 0) is 64.1 Å². The summed E-state index contributed by atoms with van der Waals surface area (Å²) in [4.78, 5) is 43.3. The maximum Gasteiger partial charge on any atom is 0.318 e. The van der Waals surface area contributed by atoms with E-state index in [1.165, 1.54) is 12.1 Å². The fourth-order valence-corrected chi connectivity index (χ4v) is 5.63. The molecule has 38 heavy (non-hydrogen) atoms. The summed E-state index contributed by atoms with van der Waals surface area (Å²) >= 11 is 0. The van der Waals surface area contributed by atoms with Crippen molar-refractivity contribution in [1.29, 1.82) is 0 Å². The lowest BCUT2D eigenvalue weighted by Crippen LogP contribution is -2.54. The molecule has 4 heterocycles. The Morgan fingerprint density at radius 3 is 2.71 bits per heavy atom. The number of carbonyl (C=O) groups excluding carboxylic acids is 2. The van der Waals surface area contributed by atoms with E-state index in [4.69, 9.17) is 14.7 Å². The minimum absolute atomic E-state index is 0.0125. The van der Waals surface area contributed by atoms with Crippen LogP contribution in [0.5, 0.6) is 11.8 Å². The van der Waals surface area contributed by atoms with Crippen LogP contribution < -0.4 is 9.64 Å². The number of aromatic hydroxyl groups is 1. The van der Waals surface area contributed by atoms with Crippen LogP contribution in [-0.2, 0) is 17.9 Å². The molecule has 1 aromatic heterocycles. The number of likely N-dealkylation sites (N-methyl/N-ethyl adjacent to an activating group) is 1. The molecule has 1 aromatic carbocycles. The Bertz CT molecular complexity index is 1250. The van der Waals surface area contributed by atoms with Crippen molar-refractivity contribution in [3.63, 3.8) is 0 Å². The average molecular weight is 521 g/mol. The molecule has 10 nitrogen and oxygen atoms in total. The van der Waals surface area contributed by atoms with Gasteiger partial charge in [-0.3, -0.25) is 9.59 Å². The molecule has 0 unspecified atom stereocenters. The molecule has 2 saturated heterocycles. The van der Waals surface area contributed by atoms with E-state index in [0.29, 0.717) is 56.9 Å². The first-order valence-corrected chi connectivity index (χ1v) is 13.2. The number of benzene rings is 1. The first kappa shape index (κ1) is 26.0. The van der Waals surface area contributed by atoms with Crippen molar-refractivity contribution in [1.82, 2.24) is 24.7 Å². The Morgan fingerprint density at radius 2 is 2.00 bits per heavy atom. The molecule has 2 amide bonds. The third-order valence-corrected chi connectivity index (χ3v) is 7.94. The molecular weight excluding hydrogens is 484 g/mol. The lowest BCUT2D eigenvalue weighted by Gasteiger charge is -2.40. The zero-order valence-corrected chi connectivity index (χ0v) is 22.4. The number of aryl methyl sites for hydroxylation is 1. The first-order valence-electron chi connectivity index (χ1n) is 13.2. The molecule has 0 aliphatic carbocycles. The van der Waals surface area contributed by atoms with Crippen LogP contribution in [0.1, 0.15) is 46.9 Å². The molecule has 0 bridgehead atoms.